The molecule has 5 heteroatoms. The molecule has 3 rings (SSSR count). The maximum atomic E-state index is 12.3. The van der Waals surface area contributed by atoms with E-state index in [1.807, 2.05) is 4.90 Å². The zero-order valence-corrected chi connectivity index (χ0v) is 14.3. The number of rotatable bonds is 3. The molecule has 0 spiro atoms. The Bertz CT molecular complexity index is 573. The Balaban J connectivity index is 1.76. The van der Waals surface area contributed by atoms with Crippen LogP contribution in [0.1, 0.15) is 31.0 Å². The third-order valence-electron chi connectivity index (χ3n) is 5.01. The first kappa shape index (κ1) is 16.3. The summed E-state index contributed by atoms with van der Waals surface area (Å²) in [4.78, 5) is 16.8. The van der Waals surface area contributed by atoms with Crippen molar-refractivity contribution in [3.05, 3.63) is 35.4 Å². The van der Waals surface area contributed by atoms with Crippen molar-refractivity contribution in [1.82, 2.24) is 15.1 Å². The third-order valence-corrected chi connectivity index (χ3v) is 5.01. The van der Waals surface area contributed by atoms with Crippen molar-refractivity contribution in [2.75, 3.05) is 46.4 Å². The Labute approximate surface area is 138 Å². The van der Waals surface area contributed by atoms with Gasteiger partial charge in [0.25, 0.3) is 0 Å². The van der Waals surface area contributed by atoms with Crippen molar-refractivity contribution in [3.8, 4) is 0 Å². The van der Waals surface area contributed by atoms with Crippen LogP contribution in [0.4, 0.5) is 4.79 Å². The molecule has 2 heterocycles. The van der Waals surface area contributed by atoms with E-state index < -0.39 is 0 Å². The van der Waals surface area contributed by atoms with E-state index in [1.54, 1.807) is 7.11 Å². The highest BCUT2D eigenvalue weighted by molar-refractivity contribution is 5.74. The molecule has 0 aromatic heterocycles. The molecule has 1 saturated heterocycles. The predicted octanol–water partition coefficient (Wildman–Crippen LogP) is 1.99. The van der Waals surface area contributed by atoms with Gasteiger partial charge in [0.15, 0.2) is 0 Å². The average Bonchev–Trinajstić information content (AvgIpc) is 2.54. The first-order valence-electron chi connectivity index (χ1n) is 8.38. The molecule has 2 aliphatic rings. The number of hydrogen-bond donors (Lipinski definition) is 1. The summed E-state index contributed by atoms with van der Waals surface area (Å²) in [6.45, 7) is 9.25. The molecule has 126 valence electrons. The zero-order valence-electron chi connectivity index (χ0n) is 14.3. The van der Waals surface area contributed by atoms with Crippen LogP contribution in [0.5, 0.6) is 0 Å². The van der Waals surface area contributed by atoms with E-state index in [2.05, 4.69) is 48.3 Å². The van der Waals surface area contributed by atoms with Crippen LogP contribution in [0.15, 0.2) is 24.3 Å². The fourth-order valence-electron chi connectivity index (χ4n) is 3.86. The quantitative estimate of drug-likeness (QED) is 0.867. The first-order valence-corrected chi connectivity index (χ1v) is 8.38. The molecule has 1 aromatic rings. The summed E-state index contributed by atoms with van der Waals surface area (Å²) in [5.74, 6) is 0. The normalized spacial score (nSPS) is 23.1. The lowest BCUT2D eigenvalue weighted by Crippen LogP contribution is -2.57. The average molecular weight is 317 g/mol. The number of ether oxygens (including phenoxy) is 1. The second-order valence-corrected chi connectivity index (χ2v) is 7.13. The van der Waals surface area contributed by atoms with E-state index in [0.717, 1.165) is 26.2 Å². The Morgan fingerprint density at radius 2 is 2.13 bits per heavy atom. The van der Waals surface area contributed by atoms with Gasteiger partial charge < -0.3 is 15.0 Å². The second kappa shape index (κ2) is 6.49. The fourth-order valence-corrected chi connectivity index (χ4v) is 3.86. The monoisotopic (exact) mass is 317 g/mol. The van der Waals surface area contributed by atoms with Gasteiger partial charge in [0.1, 0.15) is 0 Å². The minimum absolute atomic E-state index is 0.0176. The predicted molar refractivity (Wildman–Crippen MR) is 90.6 cm³/mol. The van der Waals surface area contributed by atoms with Crippen LogP contribution in [0, 0.1) is 0 Å². The molecule has 0 bridgehead atoms. The largest absolute Gasteiger partial charge is 0.383 e. The highest BCUT2D eigenvalue weighted by Gasteiger charge is 2.40. The number of carbonyl (C=O) groups excluding carboxylic acids is 1. The minimum Gasteiger partial charge on any atom is -0.383 e. The van der Waals surface area contributed by atoms with Gasteiger partial charge in [0, 0.05) is 45.2 Å². The second-order valence-electron chi connectivity index (χ2n) is 7.13. The van der Waals surface area contributed by atoms with Crippen molar-refractivity contribution < 1.29 is 9.53 Å². The maximum absolute atomic E-state index is 12.3. The molecule has 23 heavy (non-hydrogen) atoms. The minimum atomic E-state index is 0.0176. The Hall–Kier alpha value is -1.59. The Kier molecular flexibility index (Phi) is 4.60. The molecule has 0 radical (unpaired) electrons. The van der Waals surface area contributed by atoms with Gasteiger partial charge >= 0.3 is 6.03 Å². The van der Waals surface area contributed by atoms with E-state index in [1.165, 1.54) is 11.1 Å². The number of fused-ring (bicyclic) bond motifs is 3. The van der Waals surface area contributed by atoms with Crippen molar-refractivity contribution >= 4 is 6.03 Å². The SMILES string of the molecule is COCCNC(=O)N1CCN2CC(C)(C)c3ccccc3C2C1. The van der Waals surface area contributed by atoms with Crippen molar-refractivity contribution in [3.63, 3.8) is 0 Å². The van der Waals surface area contributed by atoms with Crippen LogP contribution in [0.2, 0.25) is 0 Å². The van der Waals surface area contributed by atoms with Crippen LogP contribution in [0.25, 0.3) is 0 Å². The van der Waals surface area contributed by atoms with E-state index >= 15 is 0 Å². The zero-order chi connectivity index (χ0) is 16.4. The summed E-state index contributed by atoms with van der Waals surface area (Å²) in [7, 11) is 1.64. The number of nitrogens with one attached hydrogen (secondary N) is 1. The van der Waals surface area contributed by atoms with Crippen LogP contribution in [0.3, 0.4) is 0 Å². The fraction of sp³-hybridized carbons (Fsp3) is 0.611. The van der Waals surface area contributed by atoms with E-state index in [9.17, 15) is 4.79 Å². The molecule has 1 N–H and O–H groups in total. The number of benzene rings is 1. The molecule has 1 fully saturated rings. The van der Waals surface area contributed by atoms with Gasteiger partial charge in [0.05, 0.1) is 12.6 Å². The molecule has 2 aliphatic heterocycles. The van der Waals surface area contributed by atoms with Gasteiger partial charge in [-0.1, -0.05) is 38.1 Å². The summed E-state index contributed by atoms with van der Waals surface area (Å²) in [6.07, 6.45) is 0. The molecule has 0 saturated carbocycles. The Morgan fingerprint density at radius 1 is 1.35 bits per heavy atom. The van der Waals surface area contributed by atoms with E-state index in [0.29, 0.717) is 19.2 Å². The number of piperazine rings is 1. The first-order chi connectivity index (χ1) is 11.0. The molecule has 1 aromatic carbocycles. The number of methoxy groups -OCH3 is 1. The summed E-state index contributed by atoms with van der Waals surface area (Å²) in [5, 5.41) is 2.93. The summed E-state index contributed by atoms with van der Waals surface area (Å²) in [6, 6.07) is 9.01. The smallest absolute Gasteiger partial charge is 0.317 e. The van der Waals surface area contributed by atoms with Gasteiger partial charge in [-0.05, 0) is 11.1 Å². The lowest BCUT2D eigenvalue weighted by Gasteiger charge is -2.49. The van der Waals surface area contributed by atoms with Crippen LogP contribution in [-0.4, -0.2) is 62.3 Å². The van der Waals surface area contributed by atoms with Crippen molar-refractivity contribution in [1.29, 1.82) is 0 Å². The number of amides is 2. The molecular weight excluding hydrogens is 290 g/mol. The molecule has 1 unspecified atom stereocenters. The maximum Gasteiger partial charge on any atom is 0.317 e. The summed E-state index contributed by atoms with van der Waals surface area (Å²) >= 11 is 0. The number of urea groups is 1. The molecular formula is C18H27N3O2. The van der Waals surface area contributed by atoms with Crippen molar-refractivity contribution in [2.45, 2.75) is 25.3 Å². The van der Waals surface area contributed by atoms with E-state index in [4.69, 9.17) is 4.74 Å². The summed E-state index contributed by atoms with van der Waals surface area (Å²) < 4.78 is 4.99. The van der Waals surface area contributed by atoms with Gasteiger partial charge in [-0.25, -0.2) is 4.79 Å². The molecule has 0 aliphatic carbocycles. The van der Waals surface area contributed by atoms with Crippen LogP contribution >= 0.6 is 0 Å². The van der Waals surface area contributed by atoms with E-state index in [-0.39, 0.29) is 11.4 Å². The van der Waals surface area contributed by atoms with Crippen molar-refractivity contribution in [2.24, 2.45) is 0 Å². The molecule has 5 nitrogen and oxygen atoms in total. The summed E-state index contributed by atoms with van der Waals surface area (Å²) in [5.41, 5.74) is 2.96. The molecule has 1 atom stereocenters. The topological polar surface area (TPSA) is 44.8 Å². The van der Waals surface area contributed by atoms with Crippen LogP contribution in [-0.2, 0) is 10.2 Å². The lowest BCUT2D eigenvalue weighted by molar-refractivity contribution is 0.0607. The van der Waals surface area contributed by atoms with Crippen LogP contribution < -0.4 is 5.32 Å². The lowest BCUT2D eigenvalue weighted by atomic mass is 9.75. The standard InChI is InChI=1S/C18H27N3O2/c1-18(2)13-21-10-9-20(17(22)19-8-11-23-3)12-16(21)14-6-4-5-7-15(14)18/h4-7,16H,8-13H2,1-3H3,(H,19,22). The Morgan fingerprint density at radius 3 is 2.91 bits per heavy atom. The van der Waals surface area contributed by atoms with Gasteiger partial charge in [-0.15, -0.1) is 0 Å². The van der Waals surface area contributed by atoms with Gasteiger partial charge in [-0.3, -0.25) is 4.90 Å². The third kappa shape index (κ3) is 3.21. The highest BCUT2D eigenvalue weighted by atomic mass is 16.5. The molecule has 2 amide bonds. The number of nitrogens with zero attached hydrogens (tertiary/aromatic N) is 2. The van der Waals surface area contributed by atoms with Gasteiger partial charge in [0.2, 0.25) is 0 Å². The van der Waals surface area contributed by atoms with Gasteiger partial charge in [-0.2, -0.15) is 0 Å². The number of carbonyl (C=O) groups is 1. The number of hydrogen-bond acceptors (Lipinski definition) is 3. The highest BCUT2D eigenvalue weighted by Crippen LogP contribution is 2.40.